The number of thioether (sulfide) groups is 1. The average Bonchev–Trinajstić information content (AvgIpc) is 2.47. The molecule has 0 saturated heterocycles. The van der Waals surface area contributed by atoms with Crippen LogP contribution < -0.4 is 5.32 Å². The van der Waals surface area contributed by atoms with Gasteiger partial charge in [0.1, 0.15) is 11.6 Å². The minimum absolute atomic E-state index is 0.777. The SMILES string of the molecule is CCc1nc(CSc2ccccc2)nc(NC)c1Br. The number of nitrogens with zero attached hydrogens (tertiary/aromatic N) is 2. The van der Waals surface area contributed by atoms with Crippen molar-refractivity contribution in [3.8, 4) is 0 Å². The fourth-order valence-electron chi connectivity index (χ4n) is 1.67. The van der Waals surface area contributed by atoms with Crippen LogP contribution in [0.15, 0.2) is 39.7 Å². The van der Waals surface area contributed by atoms with Crippen LogP contribution in [0.3, 0.4) is 0 Å². The first-order valence-corrected chi connectivity index (χ1v) is 7.93. The summed E-state index contributed by atoms with van der Waals surface area (Å²) in [5.74, 6) is 2.49. The Morgan fingerprint density at radius 1 is 1.21 bits per heavy atom. The van der Waals surface area contributed by atoms with Crippen LogP contribution in [0.1, 0.15) is 18.4 Å². The topological polar surface area (TPSA) is 37.8 Å². The predicted molar refractivity (Wildman–Crippen MR) is 84.7 cm³/mol. The Hall–Kier alpha value is -1.07. The van der Waals surface area contributed by atoms with Crippen molar-refractivity contribution in [3.05, 3.63) is 46.3 Å². The monoisotopic (exact) mass is 337 g/mol. The van der Waals surface area contributed by atoms with E-state index in [0.29, 0.717) is 0 Å². The van der Waals surface area contributed by atoms with Crippen LogP contribution in [-0.2, 0) is 12.2 Å². The molecule has 3 nitrogen and oxygen atoms in total. The van der Waals surface area contributed by atoms with Crippen molar-refractivity contribution >= 4 is 33.5 Å². The Morgan fingerprint density at radius 2 is 1.95 bits per heavy atom. The van der Waals surface area contributed by atoms with Crippen molar-refractivity contribution in [2.24, 2.45) is 0 Å². The number of halogens is 1. The van der Waals surface area contributed by atoms with Crippen LogP contribution in [0.4, 0.5) is 5.82 Å². The quantitative estimate of drug-likeness (QED) is 0.832. The number of anilines is 1. The molecule has 0 aliphatic carbocycles. The van der Waals surface area contributed by atoms with E-state index in [2.05, 4.69) is 50.3 Å². The van der Waals surface area contributed by atoms with E-state index in [0.717, 1.165) is 34.0 Å². The molecule has 0 unspecified atom stereocenters. The number of benzene rings is 1. The smallest absolute Gasteiger partial charge is 0.144 e. The highest BCUT2D eigenvalue weighted by Gasteiger charge is 2.10. The molecule has 1 aromatic heterocycles. The number of hydrogen-bond acceptors (Lipinski definition) is 4. The molecule has 0 spiro atoms. The summed E-state index contributed by atoms with van der Waals surface area (Å²) >= 11 is 5.29. The fraction of sp³-hybridized carbons (Fsp3) is 0.286. The standard InChI is InChI=1S/C14H16BrN3S/c1-3-11-13(15)14(16-2)18-12(17-11)9-19-10-7-5-4-6-8-10/h4-8H,3,9H2,1-2H3,(H,16,17,18). The van der Waals surface area contributed by atoms with Crippen molar-refractivity contribution in [2.45, 2.75) is 24.0 Å². The van der Waals surface area contributed by atoms with Gasteiger partial charge in [0, 0.05) is 11.9 Å². The minimum Gasteiger partial charge on any atom is -0.372 e. The molecular weight excluding hydrogens is 322 g/mol. The van der Waals surface area contributed by atoms with E-state index >= 15 is 0 Å². The van der Waals surface area contributed by atoms with Crippen molar-refractivity contribution in [1.29, 1.82) is 0 Å². The molecule has 100 valence electrons. The maximum Gasteiger partial charge on any atom is 0.144 e. The summed E-state index contributed by atoms with van der Waals surface area (Å²) < 4.78 is 0.964. The summed E-state index contributed by atoms with van der Waals surface area (Å²) in [5, 5.41) is 3.10. The van der Waals surface area contributed by atoms with Crippen molar-refractivity contribution < 1.29 is 0 Å². The van der Waals surface area contributed by atoms with E-state index < -0.39 is 0 Å². The highest BCUT2D eigenvalue weighted by Crippen LogP contribution is 2.26. The zero-order valence-electron chi connectivity index (χ0n) is 11.0. The maximum absolute atomic E-state index is 4.60. The number of aryl methyl sites for hydroxylation is 1. The van der Waals surface area contributed by atoms with Crippen LogP contribution >= 0.6 is 27.7 Å². The van der Waals surface area contributed by atoms with Crippen LogP contribution in [-0.4, -0.2) is 17.0 Å². The maximum atomic E-state index is 4.60. The Labute approximate surface area is 126 Å². The first-order chi connectivity index (χ1) is 9.24. The molecule has 0 fully saturated rings. The zero-order valence-corrected chi connectivity index (χ0v) is 13.4. The summed E-state index contributed by atoms with van der Waals surface area (Å²) in [4.78, 5) is 10.4. The van der Waals surface area contributed by atoms with Crippen LogP contribution in [0.2, 0.25) is 0 Å². The van der Waals surface area contributed by atoms with Gasteiger partial charge in [0.25, 0.3) is 0 Å². The van der Waals surface area contributed by atoms with Gasteiger partial charge in [-0.05, 0) is 34.5 Å². The van der Waals surface area contributed by atoms with Crippen LogP contribution in [0.25, 0.3) is 0 Å². The van der Waals surface area contributed by atoms with Gasteiger partial charge in [0.05, 0.1) is 15.9 Å². The Bertz CT molecular complexity index is 521. The summed E-state index contributed by atoms with van der Waals surface area (Å²) in [6.45, 7) is 2.10. The van der Waals surface area contributed by atoms with Gasteiger partial charge in [0.2, 0.25) is 0 Å². The third-order valence-corrected chi connectivity index (χ3v) is 4.49. The molecule has 0 saturated carbocycles. The van der Waals surface area contributed by atoms with Gasteiger partial charge in [-0.15, -0.1) is 11.8 Å². The zero-order chi connectivity index (χ0) is 13.7. The summed E-state index contributed by atoms with van der Waals surface area (Å²) in [5.41, 5.74) is 1.04. The lowest BCUT2D eigenvalue weighted by atomic mass is 10.3. The highest BCUT2D eigenvalue weighted by molar-refractivity contribution is 9.10. The lowest BCUT2D eigenvalue weighted by molar-refractivity contribution is 0.930. The third kappa shape index (κ3) is 3.70. The molecule has 1 heterocycles. The molecular formula is C14H16BrN3S. The number of nitrogens with one attached hydrogen (secondary N) is 1. The fourth-order valence-corrected chi connectivity index (χ4v) is 3.10. The second-order valence-corrected chi connectivity index (χ2v) is 5.80. The van der Waals surface area contributed by atoms with E-state index in [9.17, 15) is 0 Å². The third-order valence-electron chi connectivity index (χ3n) is 2.65. The highest BCUT2D eigenvalue weighted by atomic mass is 79.9. The minimum atomic E-state index is 0.777. The van der Waals surface area contributed by atoms with Gasteiger partial charge in [-0.2, -0.15) is 0 Å². The molecule has 0 amide bonds. The summed E-state index contributed by atoms with van der Waals surface area (Å²) in [6, 6.07) is 10.3. The molecule has 0 aliphatic rings. The summed E-state index contributed by atoms with van der Waals surface area (Å²) in [6.07, 6.45) is 0.890. The number of rotatable bonds is 5. The molecule has 0 radical (unpaired) electrons. The normalized spacial score (nSPS) is 10.5. The van der Waals surface area contributed by atoms with Gasteiger partial charge < -0.3 is 5.32 Å². The van der Waals surface area contributed by atoms with Gasteiger partial charge in [0.15, 0.2) is 0 Å². The Morgan fingerprint density at radius 3 is 2.58 bits per heavy atom. The number of aromatic nitrogens is 2. The molecule has 5 heteroatoms. The molecule has 1 N–H and O–H groups in total. The van der Waals surface area contributed by atoms with E-state index in [4.69, 9.17) is 0 Å². The predicted octanol–water partition coefficient (Wildman–Crippen LogP) is 4.14. The van der Waals surface area contributed by atoms with E-state index in [-0.39, 0.29) is 0 Å². The second-order valence-electron chi connectivity index (χ2n) is 3.95. The van der Waals surface area contributed by atoms with Crippen LogP contribution in [0, 0.1) is 0 Å². The molecule has 1 aromatic carbocycles. The Kier molecular flexibility index (Phi) is 5.22. The van der Waals surface area contributed by atoms with Gasteiger partial charge in [-0.3, -0.25) is 0 Å². The largest absolute Gasteiger partial charge is 0.372 e. The van der Waals surface area contributed by atoms with Gasteiger partial charge in [-0.25, -0.2) is 9.97 Å². The van der Waals surface area contributed by atoms with Crippen molar-refractivity contribution in [3.63, 3.8) is 0 Å². The molecule has 2 rings (SSSR count). The van der Waals surface area contributed by atoms with E-state index in [1.54, 1.807) is 11.8 Å². The Balaban J connectivity index is 2.16. The first kappa shape index (κ1) is 14.3. The van der Waals surface area contributed by atoms with E-state index in [1.807, 2.05) is 25.2 Å². The number of hydrogen-bond donors (Lipinski definition) is 1. The van der Waals surface area contributed by atoms with Crippen molar-refractivity contribution in [1.82, 2.24) is 9.97 Å². The van der Waals surface area contributed by atoms with Gasteiger partial charge >= 0.3 is 0 Å². The average molecular weight is 338 g/mol. The van der Waals surface area contributed by atoms with Crippen molar-refractivity contribution in [2.75, 3.05) is 12.4 Å². The van der Waals surface area contributed by atoms with E-state index in [1.165, 1.54) is 4.90 Å². The molecule has 0 bridgehead atoms. The van der Waals surface area contributed by atoms with Crippen LogP contribution in [0.5, 0.6) is 0 Å². The molecule has 0 atom stereocenters. The molecule has 2 aromatic rings. The second kappa shape index (κ2) is 6.91. The lowest BCUT2D eigenvalue weighted by Crippen LogP contribution is -2.04. The lowest BCUT2D eigenvalue weighted by Gasteiger charge is -2.09. The summed E-state index contributed by atoms with van der Waals surface area (Å²) in [7, 11) is 1.88. The molecule has 0 aliphatic heterocycles. The molecule has 19 heavy (non-hydrogen) atoms. The van der Waals surface area contributed by atoms with Gasteiger partial charge in [-0.1, -0.05) is 25.1 Å². The first-order valence-electron chi connectivity index (χ1n) is 6.15.